The highest BCUT2D eigenvalue weighted by atomic mass is 79.9. The molecule has 0 saturated heterocycles. The van der Waals surface area contributed by atoms with Crippen LogP contribution in [0, 0.1) is 6.92 Å². The molecule has 0 aliphatic rings. The number of rotatable bonds is 6. The Hall–Kier alpha value is -1.55. The lowest BCUT2D eigenvalue weighted by Crippen LogP contribution is -2.25. The van der Waals surface area contributed by atoms with Crippen molar-refractivity contribution in [3.8, 4) is 0 Å². The number of hydrogen-bond acceptors (Lipinski definition) is 3. The summed E-state index contributed by atoms with van der Waals surface area (Å²) in [5, 5.41) is 9.96. The molecular weight excluding hydrogens is 427 g/mol. The van der Waals surface area contributed by atoms with E-state index in [-0.39, 0.29) is 31.1 Å². The lowest BCUT2D eigenvalue weighted by atomic mass is 10.3. The minimum absolute atomic E-state index is 0.00195. The maximum atomic E-state index is 12.8. The molecule has 11 heteroatoms. The van der Waals surface area contributed by atoms with Gasteiger partial charge in [0.1, 0.15) is 0 Å². The van der Waals surface area contributed by atoms with Gasteiger partial charge in [0.25, 0.3) is 0 Å². The van der Waals surface area contributed by atoms with E-state index in [2.05, 4.69) is 31.4 Å². The van der Waals surface area contributed by atoms with Crippen molar-refractivity contribution in [2.45, 2.75) is 46.1 Å². The zero-order valence-corrected chi connectivity index (χ0v) is 15.8. The van der Waals surface area contributed by atoms with Crippen molar-refractivity contribution in [2.75, 3.05) is 0 Å². The van der Waals surface area contributed by atoms with Crippen LogP contribution in [0.25, 0.3) is 0 Å². The van der Waals surface area contributed by atoms with E-state index in [1.54, 1.807) is 10.9 Å². The zero-order chi connectivity index (χ0) is 18.8. The highest BCUT2D eigenvalue weighted by Gasteiger charge is 2.38. The molecule has 0 spiro atoms. The quantitative estimate of drug-likeness (QED) is 0.744. The predicted molar refractivity (Wildman–Crippen MR) is 89.0 cm³/mol. The monoisotopic (exact) mass is 441 g/mol. The second-order valence-electron chi connectivity index (χ2n) is 5.28. The number of aryl methyl sites for hydroxylation is 2. The second-order valence-corrected chi connectivity index (χ2v) is 6.51. The molecule has 6 nitrogen and oxygen atoms in total. The summed E-state index contributed by atoms with van der Waals surface area (Å²) in [7, 11) is 0. The smallest absolute Gasteiger partial charge is 0.350 e. The lowest BCUT2D eigenvalue weighted by Gasteiger charge is -2.06. The van der Waals surface area contributed by atoms with Gasteiger partial charge in [-0.15, -0.1) is 0 Å². The second kappa shape index (κ2) is 7.77. The van der Waals surface area contributed by atoms with Gasteiger partial charge in [0.05, 0.1) is 34.0 Å². The largest absolute Gasteiger partial charge is 0.436 e. The Morgan fingerprint density at radius 2 is 2.08 bits per heavy atom. The Morgan fingerprint density at radius 1 is 1.40 bits per heavy atom. The molecule has 2 heterocycles. The molecule has 2 aromatic rings. The average molecular weight is 443 g/mol. The molecule has 2 aromatic heterocycles. The number of aromatic nitrogens is 4. The molecule has 1 amide bonds. The van der Waals surface area contributed by atoms with Gasteiger partial charge >= 0.3 is 6.18 Å². The van der Waals surface area contributed by atoms with Crippen molar-refractivity contribution >= 4 is 33.4 Å². The number of halogens is 5. The Kier molecular flexibility index (Phi) is 6.15. The summed E-state index contributed by atoms with van der Waals surface area (Å²) in [6, 6.07) is 0. The normalized spacial score (nSPS) is 11.8. The summed E-state index contributed by atoms with van der Waals surface area (Å²) in [6.45, 7) is 4.29. The first kappa shape index (κ1) is 19.8. The lowest BCUT2D eigenvalue weighted by molar-refractivity contribution is -0.141. The van der Waals surface area contributed by atoms with Crippen molar-refractivity contribution in [1.29, 1.82) is 0 Å². The highest BCUT2D eigenvalue weighted by molar-refractivity contribution is 9.10. The molecule has 0 saturated carbocycles. The summed E-state index contributed by atoms with van der Waals surface area (Å²) in [5.41, 5.74) is -0.291. The first-order chi connectivity index (χ1) is 11.6. The first-order valence-electron chi connectivity index (χ1n) is 7.42. The van der Waals surface area contributed by atoms with Crippen molar-refractivity contribution in [3.05, 3.63) is 32.8 Å². The fourth-order valence-corrected chi connectivity index (χ4v) is 2.82. The summed E-state index contributed by atoms with van der Waals surface area (Å²) in [5.74, 6) is -0.322. The van der Waals surface area contributed by atoms with E-state index in [1.807, 2.05) is 6.92 Å². The van der Waals surface area contributed by atoms with Gasteiger partial charge in [-0.05, 0) is 29.8 Å². The van der Waals surface area contributed by atoms with Gasteiger partial charge in [-0.25, -0.2) is 0 Å². The molecule has 2 rings (SSSR count). The van der Waals surface area contributed by atoms with Crippen LogP contribution in [0.3, 0.4) is 0 Å². The minimum Gasteiger partial charge on any atom is -0.350 e. The Bertz CT molecular complexity index is 771. The number of nitrogens with zero attached hydrogens (tertiary/aromatic N) is 4. The third-order valence-electron chi connectivity index (χ3n) is 3.52. The van der Waals surface area contributed by atoms with Crippen molar-refractivity contribution in [3.63, 3.8) is 0 Å². The maximum Gasteiger partial charge on any atom is 0.436 e. The average Bonchev–Trinajstić information content (AvgIpc) is 3.04. The van der Waals surface area contributed by atoms with E-state index in [1.165, 1.54) is 6.92 Å². The van der Waals surface area contributed by atoms with E-state index in [4.69, 9.17) is 11.6 Å². The van der Waals surface area contributed by atoms with Crippen LogP contribution in [0.15, 0.2) is 10.7 Å². The molecule has 0 radical (unpaired) electrons. The summed E-state index contributed by atoms with van der Waals surface area (Å²) in [4.78, 5) is 11.9. The van der Waals surface area contributed by atoms with Crippen LogP contribution >= 0.6 is 27.5 Å². The summed E-state index contributed by atoms with van der Waals surface area (Å²) >= 11 is 9.02. The van der Waals surface area contributed by atoms with E-state index in [0.717, 1.165) is 9.15 Å². The number of hydrogen-bond donors (Lipinski definition) is 1. The Labute approximate surface area is 155 Å². The highest BCUT2D eigenvalue weighted by Crippen LogP contribution is 2.35. The fourth-order valence-electron chi connectivity index (χ4n) is 2.12. The SMILES string of the molecule is CCn1cc(Br)c(CNC(=O)CCn2nc(C(F)(F)F)c(Cl)c2C)n1. The molecule has 25 heavy (non-hydrogen) atoms. The van der Waals surface area contributed by atoms with Gasteiger partial charge in [-0.1, -0.05) is 11.6 Å². The first-order valence-corrected chi connectivity index (χ1v) is 8.59. The van der Waals surface area contributed by atoms with Gasteiger partial charge in [0.15, 0.2) is 5.69 Å². The van der Waals surface area contributed by atoms with Gasteiger partial charge in [0, 0.05) is 19.2 Å². The number of amides is 1. The van der Waals surface area contributed by atoms with Crippen LogP contribution in [0.1, 0.15) is 30.4 Å². The van der Waals surface area contributed by atoms with E-state index < -0.39 is 16.9 Å². The number of alkyl halides is 3. The maximum absolute atomic E-state index is 12.8. The van der Waals surface area contributed by atoms with E-state index in [9.17, 15) is 18.0 Å². The molecule has 0 atom stereocenters. The topological polar surface area (TPSA) is 64.7 Å². The van der Waals surface area contributed by atoms with E-state index in [0.29, 0.717) is 12.2 Å². The van der Waals surface area contributed by atoms with Gasteiger partial charge in [0.2, 0.25) is 5.91 Å². The van der Waals surface area contributed by atoms with Crippen molar-refractivity contribution in [2.24, 2.45) is 0 Å². The zero-order valence-electron chi connectivity index (χ0n) is 13.5. The Balaban J connectivity index is 1.93. The van der Waals surface area contributed by atoms with E-state index >= 15 is 0 Å². The molecule has 0 fully saturated rings. The van der Waals surface area contributed by atoms with Crippen LogP contribution in [-0.2, 0) is 30.6 Å². The standard InChI is InChI=1S/C14H16BrClF3N5O/c1-3-23-7-9(15)10(21-23)6-20-11(25)4-5-24-8(2)12(16)13(22-24)14(17,18)19/h7H,3-6H2,1-2H3,(H,20,25). The molecule has 0 aliphatic heterocycles. The molecule has 138 valence electrons. The predicted octanol–water partition coefficient (Wildman–Crippen LogP) is 3.55. The van der Waals surface area contributed by atoms with Gasteiger partial charge in [-0.2, -0.15) is 23.4 Å². The van der Waals surface area contributed by atoms with Crippen molar-refractivity contribution < 1.29 is 18.0 Å². The van der Waals surface area contributed by atoms with Crippen LogP contribution in [0.5, 0.6) is 0 Å². The Morgan fingerprint density at radius 3 is 2.60 bits per heavy atom. The fraction of sp³-hybridized carbons (Fsp3) is 0.500. The molecular formula is C14H16BrClF3N5O. The molecule has 0 bridgehead atoms. The third kappa shape index (κ3) is 4.75. The van der Waals surface area contributed by atoms with Gasteiger partial charge in [-0.3, -0.25) is 14.2 Å². The molecule has 0 aromatic carbocycles. The number of carbonyl (C=O) groups is 1. The molecule has 1 N–H and O–H groups in total. The number of carbonyl (C=O) groups excluding carboxylic acids is 1. The summed E-state index contributed by atoms with van der Waals surface area (Å²) < 4.78 is 41.9. The summed E-state index contributed by atoms with van der Waals surface area (Å²) in [6.07, 6.45) is -2.85. The van der Waals surface area contributed by atoms with Gasteiger partial charge < -0.3 is 5.32 Å². The minimum atomic E-state index is -4.63. The van der Waals surface area contributed by atoms with Crippen LogP contribution in [0.4, 0.5) is 13.2 Å². The van der Waals surface area contributed by atoms with Crippen molar-refractivity contribution in [1.82, 2.24) is 24.9 Å². The molecule has 0 unspecified atom stereocenters. The van der Waals surface area contributed by atoms with Crippen LogP contribution < -0.4 is 5.32 Å². The number of nitrogens with one attached hydrogen (secondary N) is 1. The van der Waals surface area contributed by atoms with Crippen LogP contribution in [0.2, 0.25) is 5.02 Å². The molecule has 0 aliphatic carbocycles. The van der Waals surface area contributed by atoms with Crippen LogP contribution in [-0.4, -0.2) is 25.5 Å². The third-order valence-corrected chi connectivity index (χ3v) is 4.63.